The van der Waals surface area contributed by atoms with Crippen molar-refractivity contribution >= 4 is 11.8 Å². The van der Waals surface area contributed by atoms with Crippen molar-refractivity contribution in [2.24, 2.45) is 0 Å². The number of halogens is 1. The van der Waals surface area contributed by atoms with Crippen molar-refractivity contribution in [3.8, 4) is 0 Å². The van der Waals surface area contributed by atoms with E-state index < -0.39 is 5.82 Å². The Kier molecular flexibility index (Phi) is 3.53. The molecular weight excluding hydrogens is 299 g/mol. The Balaban J connectivity index is 1.39. The highest BCUT2D eigenvalue weighted by atomic mass is 19.1. The van der Waals surface area contributed by atoms with Gasteiger partial charge in [-0.05, 0) is 12.5 Å². The molecule has 0 saturated carbocycles. The maximum absolute atomic E-state index is 12.9. The number of nitrogens with zero attached hydrogens (tertiary/aromatic N) is 5. The number of ether oxygens (including phenoxy) is 1. The Morgan fingerprint density at radius 3 is 2.96 bits per heavy atom. The molecule has 7 nitrogen and oxygen atoms in total. The molecule has 0 unspecified atom stereocenters. The molecule has 2 aromatic heterocycles. The quantitative estimate of drug-likeness (QED) is 0.913. The topological polar surface area (TPSA) is 76.1 Å². The normalized spacial score (nSPS) is 26.8. The summed E-state index contributed by atoms with van der Waals surface area (Å²) in [6, 6.07) is 2.04. The lowest BCUT2D eigenvalue weighted by Crippen LogP contribution is -2.34. The molecule has 2 atom stereocenters. The molecule has 2 fully saturated rings. The van der Waals surface area contributed by atoms with Crippen molar-refractivity contribution in [2.75, 3.05) is 29.9 Å². The second kappa shape index (κ2) is 5.69. The lowest BCUT2D eigenvalue weighted by molar-refractivity contribution is 0.0228. The number of hydrogen-bond acceptors (Lipinski definition) is 7. The van der Waals surface area contributed by atoms with Gasteiger partial charge in [-0.3, -0.25) is 0 Å². The van der Waals surface area contributed by atoms with Gasteiger partial charge >= 0.3 is 0 Å². The number of nitrogens with one attached hydrogen (secondary N) is 1. The van der Waals surface area contributed by atoms with E-state index in [0.717, 1.165) is 44.1 Å². The van der Waals surface area contributed by atoms with Crippen molar-refractivity contribution in [1.29, 1.82) is 0 Å². The van der Waals surface area contributed by atoms with Crippen LogP contribution < -0.4 is 10.2 Å². The molecule has 4 rings (SSSR count). The van der Waals surface area contributed by atoms with Crippen molar-refractivity contribution < 1.29 is 9.13 Å². The zero-order valence-corrected chi connectivity index (χ0v) is 12.5. The fraction of sp³-hybridized carbons (Fsp3) is 0.467. The number of hydrogen-bond donors (Lipinski definition) is 1. The average Bonchev–Trinajstić information content (AvgIpc) is 3.18. The first-order valence-corrected chi connectivity index (χ1v) is 7.61. The van der Waals surface area contributed by atoms with E-state index >= 15 is 0 Å². The van der Waals surface area contributed by atoms with Gasteiger partial charge in [0.25, 0.3) is 0 Å². The molecule has 8 heteroatoms. The van der Waals surface area contributed by atoms with E-state index in [2.05, 4.69) is 30.2 Å². The first-order valence-electron chi connectivity index (χ1n) is 7.61. The highest BCUT2D eigenvalue weighted by Crippen LogP contribution is 2.37. The van der Waals surface area contributed by atoms with Crippen LogP contribution in [-0.2, 0) is 4.74 Å². The third-order valence-corrected chi connectivity index (χ3v) is 4.37. The molecule has 2 aliphatic rings. The predicted octanol–water partition coefficient (Wildman–Crippen LogP) is 1.26. The summed E-state index contributed by atoms with van der Waals surface area (Å²) in [6.45, 7) is 2.32. The van der Waals surface area contributed by atoms with Gasteiger partial charge in [0.15, 0.2) is 5.82 Å². The Morgan fingerprint density at radius 2 is 2.17 bits per heavy atom. The van der Waals surface area contributed by atoms with E-state index in [1.807, 2.05) is 6.07 Å². The molecule has 0 aromatic carbocycles. The molecule has 0 amide bonds. The van der Waals surface area contributed by atoms with E-state index in [9.17, 15) is 4.39 Å². The van der Waals surface area contributed by atoms with Crippen LogP contribution >= 0.6 is 0 Å². The van der Waals surface area contributed by atoms with Gasteiger partial charge < -0.3 is 15.0 Å². The second-order valence-corrected chi connectivity index (χ2v) is 6.00. The molecule has 0 radical (unpaired) electrons. The van der Waals surface area contributed by atoms with Crippen LogP contribution in [0.25, 0.3) is 0 Å². The van der Waals surface area contributed by atoms with E-state index in [1.165, 1.54) is 0 Å². The summed E-state index contributed by atoms with van der Waals surface area (Å²) in [6.07, 6.45) is 7.46. The van der Waals surface area contributed by atoms with Crippen LogP contribution in [0.4, 0.5) is 16.2 Å². The van der Waals surface area contributed by atoms with Crippen molar-refractivity contribution in [1.82, 2.24) is 19.9 Å². The third-order valence-electron chi connectivity index (χ3n) is 4.37. The molecular formula is C15H17FN6O. The molecule has 2 aromatic rings. The summed E-state index contributed by atoms with van der Waals surface area (Å²) in [7, 11) is 0. The molecule has 4 heterocycles. The van der Waals surface area contributed by atoms with Crippen molar-refractivity contribution in [3.05, 3.63) is 36.8 Å². The first-order chi connectivity index (χ1) is 11.2. The molecule has 2 aliphatic heterocycles. The molecule has 0 bridgehead atoms. The highest BCUT2D eigenvalue weighted by molar-refractivity contribution is 5.40. The van der Waals surface area contributed by atoms with Gasteiger partial charge in [0.05, 0.1) is 30.6 Å². The van der Waals surface area contributed by atoms with Crippen LogP contribution in [0, 0.1) is 5.82 Å². The summed E-state index contributed by atoms with van der Waals surface area (Å²) in [5.74, 6) is 0.924. The van der Waals surface area contributed by atoms with Crippen LogP contribution in [-0.4, -0.2) is 51.3 Å². The van der Waals surface area contributed by atoms with Gasteiger partial charge in [0.1, 0.15) is 12.1 Å². The van der Waals surface area contributed by atoms with Crippen LogP contribution in [0.15, 0.2) is 31.0 Å². The van der Waals surface area contributed by atoms with E-state index in [1.54, 1.807) is 12.5 Å². The maximum Gasteiger partial charge on any atom is 0.223 e. The minimum atomic E-state index is -0.439. The van der Waals surface area contributed by atoms with Gasteiger partial charge in [0.2, 0.25) is 5.95 Å². The lowest BCUT2D eigenvalue weighted by atomic mass is 9.97. The number of aromatic nitrogens is 4. The fourth-order valence-electron chi connectivity index (χ4n) is 3.30. The first kappa shape index (κ1) is 14.3. The maximum atomic E-state index is 12.9. The molecule has 1 N–H and O–H groups in total. The van der Waals surface area contributed by atoms with Crippen molar-refractivity contribution in [3.63, 3.8) is 0 Å². The van der Waals surface area contributed by atoms with Gasteiger partial charge in [-0.25, -0.2) is 24.3 Å². The summed E-state index contributed by atoms with van der Waals surface area (Å²) < 4.78 is 18.9. The van der Waals surface area contributed by atoms with Crippen LogP contribution in [0.5, 0.6) is 0 Å². The zero-order valence-electron chi connectivity index (χ0n) is 12.5. The third kappa shape index (κ3) is 2.94. The minimum Gasteiger partial charge on any atom is -0.371 e. The summed E-state index contributed by atoms with van der Waals surface area (Å²) in [5.41, 5.74) is -0.164. The molecule has 23 heavy (non-hydrogen) atoms. The van der Waals surface area contributed by atoms with Crippen LogP contribution in [0.3, 0.4) is 0 Å². The van der Waals surface area contributed by atoms with Gasteiger partial charge in [-0.15, -0.1) is 0 Å². The van der Waals surface area contributed by atoms with Crippen LogP contribution in [0.2, 0.25) is 0 Å². The van der Waals surface area contributed by atoms with E-state index in [0.29, 0.717) is 12.6 Å². The largest absolute Gasteiger partial charge is 0.371 e. The Labute approximate surface area is 132 Å². The Bertz CT molecular complexity index is 669. The molecule has 120 valence electrons. The number of rotatable bonds is 3. The predicted molar refractivity (Wildman–Crippen MR) is 81.6 cm³/mol. The lowest BCUT2D eigenvalue weighted by Gasteiger charge is -2.23. The van der Waals surface area contributed by atoms with Crippen molar-refractivity contribution in [2.45, 2.75) is 24.5 Å². The van der Waals surface area contributed by atoms with Crippen LogP contribution in [0.1, 0.15) is 12.8 Å². The second-order valence-electron chi connectivity index (χ2n) is 6.00. The summed E-state index contributed by atoms with van der Waals surface area (Å²) in [4.78, 5) is 18.3. The SMILES string of the molecule is Fc1cnc(N[C@@H]2CO[C@@]3(CCN(c4ccncn4)C3)C2)nc1. The van der Waals surface area contributed by atoms with E-state index in [-0.39, 0.29) is 11.6 Å². The average molecular weight is 316 g/mol. The number of anilines is 2. The fourth-order valence-corrected chi connectivity index (χ4v) is 3.30. The minimum absolute atomic E-state index is 0.130. The van der Waals surface area contributed by atoms with E-state index in [4.69, 9.17) is 4.74 Å². The Morgan fingerprint density at radius 1 is 1.30 bits per heavy atom. The monoisotopic (exact) mass is 316 g/mol. The smallest absolute Gasteiger partial charge is 0.223 e. The zero-order chi connectivity index (χ0) is 15.7. The molecule has 0 aliphatic carbocycles. The van der Waals surface area contributed by atoms with Gasteiger partial charge in [-0.1, -0.05) is 0 Å². The highest BCUT2D eigenvalue weighted by Gasteiger charge is 2.46. The van der Waals surface area contributed by atoms with Gasteiger partial charge in [0, 0.05) is 25.7 Å². The van der Waals surface area contributed by atoms with Gasteiger partial charge in [-0.2, -0.15) is 0 Å². The Hall–Kier alpha value is -2.35. The molecule has 2 saturated heterocycles. The standard InChI is InChI=1S/C15H17FN6O/c16-11-6-18-14(19-7-11)21-12-5-15(23-8-12)2-4-22(9-15)13-1-3-17-10-20-13/h1,3,6-7,10,12H,2,4-5,8-9H2,(H,18,19,21)/t12-,15-/m0/s1. The summed E-state index contributed by atoms with van der Waals surface area (Å²) >= 11 is 0. The molecule has 1 spiro atoms. The summed E-state index contributed by atoms with van der Waals surface area (Å²) in [5, 5.41) is 3.22.